The van der Waals surface area contributed by atoms with Gasteiger partial charge in [-0.25, -0.2) is 23.1 Å². The highest BCUT2D eigenvalue weighted by Gasteiger charge is 2.19. The van der Waals surface area contributed by atoms with Gasteiger partial charge in [0.1, 0.15) is 10.7 Å². The molecule has 0 bridgehead atoms. The van der Waals surface area contributed by atoms with E-state index in [0.717, 1.165) is 0 Å². The van der Waals surface area contributed by atoms with Crippen molar-refractivity contribution in [3.63, 3.8) is 0 Å². The predicted molar refractivity (Wildman–Crippen MR) is 78.9 cm³/mol. The first kappa shape index (κ1) is 14.9. The maximum Gasteiger partial charge on any atom is 0.244 e. The average Bonchev–Trinajstić information content (AvgIpc) is 2.91. The molecule has 2 aromatic heterocycles. The quantitative estimate of drug-likeness (QED) is 0.804. The monoisotopic (exact) mass is 359 g/mol. The number of sulfonamides is 1. The van der Waals surface area contributed by atoms with Crippen LogP contribution in [-0.4, -0.2) is 36.5 Å². The maximum absolute atomic E-state index is 12.3. The third-order valence-electron chi connectivity index (χ3n) is 2.57. The molecule has 0 aliphatic heterocycles. The van der Waals surface area contributed by atoms with Gasteiger partial charge in [-0.2, -0.15) is 0 Å². The number of imidazole rings is 1. The topological polar surface area (TPSA) is 88.9 Å². The molecule has 2 heterocycles. The highest BCUT2D eigenvalue weighted by atomic mass is 79.9. The predicted octanol–water partition coefficient (Wildman–Crippen LogP) is 1.06. The zero-order chi connectivity index (χ0) is 14.6. The number of aromatic nitrogens is 3. The van der Waals surface area contributed by atoms with Gasteiger partial charge in [0.25, 0.3) is 0 Å². The summed E-state index contributed by atoms with van der Waals surface area (Å²) in [6.45, 7) is 0.782. The molecule has 108 valence electrons. The van der Waals surface area contributed by atoms with Crippen LogP contribution in [0.4, 0.5) is 5.82 Å². The second-order valence-corrected chi connectivity index (χ2v) is 6.60. The van der Waals surface area contributed by atoms with Crippen LogP contribution in [-0.2, 0) is 16.6 Å². The van der Waals surface area contributed by atoms with E-state index in [2.05, 4.69) is 35.9 Å². The van der Waals surface area contributed by atoms with Crippen molar-refractivity contribution in [3.8, 4) is 0 Å². The Hall–Kier alpha value is -1.45. The van der Waals surface area contributed by atoms with Crippen LogP contribution >= 0.6 is 15.9 Å². The van der Waals surface area contributed by atoms with Crippen LogP contribution in [0.2, 0.25) is 0 Å². The normalized spacial score (nSPS) is 11.5. The van der Waals surface area contributed by atoms with Crippen LogP contribution in [0.3, 0.4) is 0 Å². The molecule has 0 aliphatic carbocycles. The van der Waals surface area contributed by atoms with Crippen molar-refractivity contribution in [1.29, 1.82) is 0 Å². The van der Waals surface area contributed by atoms with E-state index in [-0.39, 0.29) is 11.4 Å². The Labute approximate surface area is 125 Å². The molecule has 2 N–H and O–H groups in total. The third-order valence-corrected chi connectivity index (χ3v) is 4.48. The lowest BCUT2D eigenvalue weighted by Gasteiger charge is -2.11. The van der Waals surface area contributed by atoms with Crippen molar-refractivity contribution in [2.45, 2.75) is 11.4 Å². The number of nitrogens with zero attached hydrogens (tertiary/aromatic N) is 3. The molecule has 0 radical (unpaired) electrons. The van der Waals surface area contributed by atoms with E-state index in [1.165, 1.54) is 12.3 Å². The van der Waals surface area contributed by atoms with E-state index < -0.39 is 10.0 Å². The number of pyridine rings is 1. The summed E-state index contributed by atoms with van der Waals surface area (Å²) in [6.07, 6.45) is 6.59. The fourth-order valence-electron chi connectivity index (χ4n) is 1.62. The highest BCUT2D eigenvalue weighted by Crippen LogP contribution is 2.22. The first-order chi connectivity index (χ1) is 9.53. The number of hydrogen-bond acceptors (Lipinski definition) is 5. The Morgan fingerprint density at radius 2 is 2.25 bits per heavy atom. The van der Waals surface area contributed by atoms with Gasteiger partial charge in [-0.15, -0.1) is 0 Å². The summed E-state index contributed by atoms with van der Waals surface area (Å²) in [4.78, 5) is 8.03. The Morgan fingerprint density at radius 3 is 2.90 bits per heavy atom. The average molecular weight is 360 g/mol. The fourth-order valence-corrected chi connectivity index (χ4v) is 3.31. The van der Waals surface area contributed by atoms with E-state index in [1.54, 1.807) is 30.3 Å². The molecule has 0 saturated carbocycles. The molecule has 0 fully saturated rings. The molecule has 0 saturated heterocycles. The maximum atomic E-state index is 12.3. The molecule has 0 atom stereocenters. The molecule has 2 aromatic rings. The Balaban J connectivity index is 2.11. The van der Waals surface area contributed by atoms with Crippen LogP contribution in [0, 0.1) is 0 Å². The van der Waals surface area contributed by atoms with Crippen molar-refractivity contribution >= 4 is 31.8 Å². The van der Waals surface area contributed by atoms with Crippen LogP contribution in [0.25, 0.3) is 0 Å². The fraction of sp³-hybridized carbons (Fsp3) is 0.273. The van der Waals surface area contributed by atoms with Gasteiger partial charge in [-0.1, -0.05) is 0 Å². The van der Waals surface area contributed by atoms with Crippen LogP contribution in [0.15, 0.2) is 40.4 Å². The van der Waals surface area contributed by atoms with Gasteiger partial charge in [-0.3, -0.25) is 0 Å². The minimum Gasteiger partial charge on any atom is -0.372 e. The highest BCUT2D eigenvalue weighted by molar-refractivity contribution is 9.10. The summed E-state index contributed by atoms with van der Waals surface area (Å²) in [5, 5.41) is 2.77. The van der Waals surface area contributed by atoms with E-state index in [9.17, 15) is 8.42 Å². The first-order valence-corrected chi connectivity index (χ1v) is 8.09. The number of hydrogen-bond donors (Lipinski definition) is 2. The van der Waals surface area contributed by atoms with E-state index in [1.807, 2.05) is 0 Å². The van der Waals surface area contributed by atoms with Gasteiger partial charge in [-0.05, 0) is 22.0 Å². The number of anilines is 1. The molecular weight excluding hydrogens is 346 g/mol. The summed E-state index contributed by atoms with van der Waals surface area (Å²) in [6, 6.07) is 1.51. The molecule has 0 unspecified atom stereocenters. The lowest BCUT2D eigenvalue weighted by molar-refractivity contribution is 0.572. The summed E-state index contributed by atoms with van der Waals surface area (Å²) in [7, 11) is -1.99. The van der Waals surface area contributed by atoms with Gasteiger partial charge < -0.3 is 9.88 Å². The number of halogens is 1. The zero-order valence-corrected chi connectivity index (χ0v) is 13.1. The van der Waals surface area contributed by atoms with E-state index >= 15 is 0 Å². The van der Waals surface area contributed by atoms with Gasteiger partial charge >= 0.3 is 0 Å². The van der Waals surface area contributed by atoms with Gasteiger partial charge in [0, 0.05) is 43.2 Å². The smallest absolute Gasteiger partial charge is 0.244 e. The SMILES string of the molecule is CNc1ncc(Br)cc1S(=O)(=O)NCCn1ccnc1. The summed E-state index contributed by atoms with van der Waals surface area (Å²) >= 11 is 3.22. The Morgan fingerprint density at radius 1 is 1.45 bits per heavy atom. The molecule has 0 amide bonds. The van der Waals surface area contributed by atoms with Gasteiger partial charge in [0.05, 0.1) is 6.33 Å². The van der Waals surface area contributed by atoms with E-state index in [0.29, 0.717) is 16.8 Å². The van der Waals surface area contributed by atoms with Crippen LogP contribution in [0.5, 0.6) is 0 Å². The summed E-state index contributed by atoms with van der Waals surface area (Å²) in [5.41, 5.74) is 0. The largest absolute Gasteiger partial charge is 0.372 e. The third kappa shape index (κ3) is 3.56. The standard InChI is InChI=1S/C11H14BrN5O2S/c1-13-11-10(6-9(12)7-15-11)20(18,19)16-3-5-17-4-2-14-8-17/h2,4,6-8,16H,3,5H2,1H3,(H,13,15). The molecule has 2 rings (SSSR count). The Kier molecular flexibility index (Phi) is 4.73. The van der Waals surface area contributed by atoms with Gasteiger partial charge in [0.2, 0.25) is 10.0 Å². The van der Waals surface area contributed by atoms with Crippen molar-refractivity contribution in [2.75, 3.05) is 18.9 Å². The number of rotatable bonds is 6. The second kappa shape index (κ2) is 6.33. The minimum atomic E-state index is -3.62. The van der Waals surface area contributed by atoms with Crippen molar-refractivity contribution in [3.05, 3.63) is 35.5 Å². The summed E-state index contributed by atoms with van der Waals surface area (Å²) < 4.78 is 29.4. The second-order valence-electron chi connectivity index (χ2n) is 3.95. The zero-order valence-electron chi connectivity index (χ0n) is 10.7. The molecule has 20 heavy (non-hydrogen) atoms. The van der Waals surface area contributed by atoms with E-state index in [4.69, 9.17) is 0 Å². The van der Waals surface area contributed by atoms with Gasteiger partial charge in [0.15, 0.2) is 0 Å². The molecule has 7 nitrogen and oxygen atoms in total. The molecule has 9 heteroatoms. The van der Waals surface area contributed by atoms with Crippen molar-refractivity contribution in [1.82, 2.24) is 19.3 Å². The first-order valence-electron chi connectivity index (χ1n) is 5.81. The molecular formula is C11H14BrN5O2S. The van der Waals surface area contributed by atoms with Crippen molar-refractivity contribution in [2.24, 2.45) is 0 Å². The Bertz CT molecular complexity index is 672. The van der Waals surface area contributed by atoms with Crippen LogP contribution in [0.1, 0.15) is 0 Å². The molecule has 0 aliphatic rings. The van der Waals surface area contributed by atoms with Crippen molar-refractivity contribution < 1.29 is 8.42 Å². The minimum absolute atomic E-state index is 0.111. The number of nitrogens with one attached hydrogen (secondary N) is 2. The molecule has 0 aromatic carbocycles. The lowest BCUT2D eigenvalue weighted by atomic mass is 10.4. The summed E-state index contributed by atoms with van der Waals surface area (Å²) in [5.74, 6) is 0.309. The molecule has 0 spiro atoms. The van der Waals surface area contributed by atoms with Crippen LogP contribution < -0.4 is 10.0 Å². The lowest BCUT2D eigenvalue weighted by Crippen LogP contribution is -2.28.